The molecular weight excluding hydrogens is 423 g/mol. The summed E-state index contributed by atoms with van der Waals surface area (Å²) in [6.07, 6.45) is 0.402. The fraction of sp³-hybridized carbons (Fsp3) is 0.154. The fourth-order valence-electron chi connectivity index (χ4n) is 3.77. The van der Waals surface area contributed by atoms with Crippen LogP contribution in [-0.2, 0) is 16.0 Å². The minimum Gasteiger partial charge on any atom is -0.496 e. The number of anilines is 1. The first-order chi connectivity index (χ1) is 16.0. The maximum atomic E-state index is 13.5. The molecule has 168 valence electrons. The topological polar surface area (TPSA) is 67.9 Å². The van der Waals surface area contributed by atoms with Crippen molar-refractivity contribution in [2.75, 3.05) is 26.1 Å². The van der Waals surface area contributed by atoms with Gasteiger partial charge in [-0.05, 0) is 42.3 Å². The number of hydrogen-bond donors (Lipinski definition) is 1. The second kappa shape index (κ2) is 9.56. The molecule has 1 N–H and O–H groups in total. The summed E-state index contributed by atoms with van der Waals surface area (Å²) in [5, 5.41) is 3.11. The van der Waals surface area contributed by atoms with Crippen LogP contribution in [0.4, 0.5) is 10.1 Å². The van der Waals surface area contributed by atoms with Gasteiger partial charge in [0.05, 0.1) is 25.5 Å². The van der Waals surface area contributed by atoms with Crippen LogP contribution < -0.4 is 14.8 Å². The third-order valence-corrected chi connectivity index (χ3v) is 5.45. The van der Waals surface area contributed by atoms with E-state index in [1.807, 2.05) is 12.1 Å². The van der Waals surface area contributed by atoms with Gasteiger partial charge in [-0.15, -0.1) is 0 Å². The Morgan fingerprint density at radius 2 is 1.45 bits per heavy atom. The monoisotopic (exact) mass is 446 g/mol. The normalized spacial score (nSPS) is 13.5. The van der Waals surface area contributed by atoms with E-state index >= 15 is 0 Å². The molecule has 0 saturated heterocycles. The molecule has 3 aromatic carbocycles. The van der Waals surface area contributed by atoms with Gasteiger partial charge in [-0.25, -0.2) is 4.39 Å². The number of benzene rings is 3. The molecule has 1 aliphatic heterocycles. The molecule has 33 heavy (non-hydrogen) atoms. The lowest BCUT2D eigenvalue weighted by Crippen LogP contribution is -2.34. The number of para-hydroxylation sites is 3. The standard InChI is InChI=1S/C26H23FN2O4/c1-32-21-9-5-3-7-19(21)23-24(28-20-8-4-6-10-22(20)33-2)26(31)29(25(23)30)16-15-17-11-13-18(27)14-12-17/h3-14,28H,15-16H2,1-2H3. The first-order valence-corrected chi connectivity index (χ1v) is 10.4. The lowest BCUT2D eigenvalue weighted by atomic mass is 10.0. The number of nitrogens with one attached hydrogen (secondary N) is 1. The first-order valence-electron chi connectivity index (χ1n) is 10.4. The highest BCUT2D eigenvalue weighted by Gasteiger charge is 2.40. The van der Waals surface area contributed by atoms with E-state index < -0.39 is 11.8 Å². The Labute approximate surface area is 191 Å². The van der Waals surface area contributed by atoms with Crippen molar-refractivity contribution >= 4 is 23.1 Å². The van der Waals surface area contributed by atoms with Crippen molar-refractivity contribution in [1.82, 2.24) is 4.90 Å². The number of halogens is 1. The summed E-state index contributed by atoms with van der Waals surface area (Å²) in [4.78, 5) is 28.1. The van der Waals surface area contributed by atoms with Crippen LogP contribution in [0.2, 0.25) is 0 Å². The SMILES string of the molecule is COc1ccccc1NC1=C(c2ccccc2OC)C(=O)N(CCc2ccc(F)cc2)C1=O. The molecule has 0 saturated carbocycles. The number of methoxy groups -OCH3 is 2. The number of nitrogens with zero attached hydrogens (tertiary/aromatic N) is 1. The van der Waals surface area contributed by atoms with Crippen LogP contribution in [-0.4, -0.2) is 37.5 Å². The minimum atomic E-state index is -0.450. The zero-order chi connectivity index (χ0) is 23.4. The number of carbonyl (C=O) groups excluding carboxylic acids is 2. The lowest BCUT2D eigenvalue weighted by molar-refractivity contribution is -0.136. The third kappa shape index (κ3) is 4.43. The molecule has 0 aliphatic carbocycles. The van der Waals surface area contributed by atoms with Gasteiger partial charge in [-0.3, -0.25) is 14.5 Å². The van der Waals surface area contributed by atoms with Gasteiger partial charge in [0, 0.05) is 12.1 Å². The summed E-state index contributed by atoms with van der Waals surface area (Å²) in [6.45, 7) is 0.152. The summed E-state index contributed by atoms with van der Waals surface area (Å²) in [7, 11) is 3.05. The van der Waals surface area contributed by atoms with Crippen LogP contribution in [0.5, 0.6) is 11.5 Å². The van der Waals surface area contributed by atoms with E-state index in [0.717, 1.165) is 5.56 Å². The van der Waals surface area contributed by atoms with Gasteiger partial charge < -0.3 is 14.8 Å². The average molecular weight is 446 g/mol. The molecule has 7 heteroatoms. The molecule has 0 radical (unpaired) electrons. The second-order valence-electron chi connectivity index (χ2n) is 7.41. The predicted molar refractivity (Wildman–Crippen MR) is 123 cm³/mol. The van der Waals surface area contributed by atoms with Crippen molar-refractivity contribution in [2.45, 2.75) is 6.42 Å². The smallest absolute Gasteiger partial charge is 0.278 e. The molecule has 0 spiro atoms. The predicted octanol–water partition coefficient (Wildman–Crippen LogP) is 4.28. The maximum Gasteiger partial charge on any atom is 0.278 e. The number of rotatable bonds is 8. The van der Waals surface area contributed by atoms with Crippen LogP contribution in [0.15, 0.2) is 78.5 Å². The molecule has 1 aliphatic rings. The Balaban J connectivity index is 1.72. The van der Waals surface area contributed by atoms with E-state index in [2.05, 4.69) is 5.32 Å². The second-order valence-corrected chi connectivity index (χ2v) is 7.41. The Morgan fingerprint density at radius 1 is 0.818 bits per heavy atom. The molecule has 1 heterocycles. The Morgan fingerprint density at radius 3 is 2.15 bits per heavy atom. The summed E-state index contributed by atoms with van der Waals surface area (Å²) >= 11 is 0. The van der Waals surface area contributed by atoms with Gasteiger partial charge in [-0.2, -0.15) is 0 Å². The van der Waals surface area contributed by atoms with Crippen LogP contribution >= 0.6 is 0 Å². The molecule has 0 unspecified atom stereocenters. The van der Waals surface area contributed by atoms with Crippen LogP contribution in [0, 0.1) is 5.82 Å². The molecule has 6 nitrogen and oxygen atoms in total. The van der Waals surface area contributed by atoms with Gasteiger partial charge >= 0.3 is 0 Å². The zero-order valence-electron chi connectivity index (χ0n) is 18.3. The number of hydrogen-bond acceptors (Lipinski definition) is 5. The van der Waals surface area contributed by atoms with E-state index in [0.29, 0.717) is 29.2 Å². The largest absolute Gasteiger partial charge is 0.496 e. The summed E-state index contributed by atoms with van der Waals surface area (Å²) < 4.78 is 24.1. The molecule has 0 fully saturated rings. The van der Waals surface area contributed by atoms with Crippen molar-refractivity contribution in [1.29, 1.82) is 0 Å². The van der Waals surface area contributed by atoms with E-state index in [9.17, 15) is 14.0 Å². The summed E-state index contributed by atoms with van der Waals surface area (Å²) in [5.41, 5.74) is 2.27. The Kier molecular flexibility index (Phi) is 6.40. The van der Waals surface area contributed by atoms with Crippen molar-refractivity contribution < 1.29 is 23.5 Å². The van der Waals surface area contributed by atoms with Crippen LogP contribution in [0.3, 0.4) is 0 Å². The molecular formula is C26H23FN2O4. The van der Waals surface area contributed by atoms with Crippen molar-refractivity contribution in [3.05, 3.63) is 95.4 Å². The highest BCUT2D eigenvalue weighted by Crippen LogP contribution is 2.36. The molecule has 0 bridgehead atoms. The van der Waals surface area contributed by atoms with E-state index in [-0.39, 0.29) is 23.6 Å². The molecule has 0 atom stereocenters. The van der Waals surface area contributed by atoms with Crippen molar-refractivity contribution in [3.8, 4) is 11.5 Å². The number of imide groups is 1. The Hall–Kier alpha value is -4.13. The quantitative estimate of drug-likeness (QED) is 0.523. The first kappa shape index (κ1) is 22.1. The average Bonchev–Trinajstić information content (AvgIpc) is 3.07. The fourth-order valence-corrected chi connectivity index (χ4v) is 3.77. The van der Waals surface area contributed by atoms with Gasteiger partial charge in [0.15, 0.2) is 0 Å². The van der Waals surface area contributed by atoms with E-state index in [1.165, 1.54) is 31.3 Å². The summed E-state index contributed by atoms with van der Waals surface area (Å²) in [5.74, 6) is -0.198. The number of carbonyl (C=O) groups is 2. The minimum absolute atomic E-state index is 0.146. The highest BCUT2D eigenvalue weighted by molar-refractivity contribution is 6.37. The van der Waals surface area contributed by atoms with E-state index in [4.69, 9.17) is 9.47 Å². The van der Waals surface area contributed by atoms with Crippen LogP contribution in [0.1, 0.15) is 11.1 Å². The summed E-state index contributed by atoms with van der Waals surface area (Å²) in [6, 6.07) is 20.2. The molecule has 3 aromatic rings. The van der Waals surface area contributed by atoms with Gasteiger partial charge in [0.1, 0.15) is 23.0 Å². The highest BCUT2D eigenvalue weighted by atomic mass is 19.1. The van der Waals surface area contributed by atoms with E-state index in [1.54, 1.807) is 48.5 Å². The number of ether oxygens (including phenoxy) is 2. The molecule has 0 aromatic heterocycles. The van der Waals surface area contributed by atoms with Crippen molar-refractivity contribution in [2.24, 2.45) is 0 Å². The zero-order valence-corrected chi connectivity index (χ0v) is 18.3. The van der Waals surface area contributed by atoms with Crippen LogP contribution in [0.25, 0.3) is 5.57 Å². The van der Waals surface area contributed by atoms with Gasteiger partial charge in [-0.1, -0.05) is 42.5 Å². The van der Waals surface area contributed by atoms with Gasteiger partial charge in [0.2, 0.25) is 0 Å². The Bertz CT molecular complexity index is 1220. The molecule has 2 amide bonds. The molecule has 4 rings (SSSR count). The van der Waals surface area contributed by atoms with Gasteiger partial charge in [0.25, 0.3) is 11.8 Å². The number of amides is 2. The lowest BCUT2D eigenvalue weighted by Gasteiger charge is -2.16. The van der Waals surface area contributed by atoms with Crippen molar-refractivity contribution in [3.63, 3.8) is 0 Å². The third-order valence-electron chi connectivity index (χ3n) is 5.45. The maximum absolute atomic E-state index is 13.5.